The molecule has 0 radical (unpaired) electrons. The Kier molecular flexibility index (Phi) is 6.90. The molecule has 0 spiro atoms. The van der Waals surface area contributed by atoms with Crippen LogP contribution in [0.25, 0.3) is 0 Å². The van der Waals surface area contributed by atoms with Gasteiger partial charge in [-0.25, -0.2) is 0 Å². The van der Waals surface area contributed by atoms with Gasteiger partial charge in [-0.05, 0) is 51.8 Å². The maximum absolute atomic E-state index is 6.33. The van der Waals surface area contributed by atoms with Gasteiger partial charge in [0.15, 0.2) is 8.32 Å². The largest absolute Gasteiger partial charge is 0.520 e. The quantitative estimate of drug-likeness (QED) is 0.475. The van der Waals surface area contributed by atoms with Crippen LogP contribution in [0.2, 0.25) is 39.3 Å². The Hall–Kier alpha value is -1.05. The summed E-state index contributed by atoms with van der Waals surface area (Å²) >= 11 is 0. The first-order chi connectivity index (χ1) is 10.1. The first-order valence-corrected chi connectivity index (χ1v) is 14.7. The van der Waals surface area contributed by atoms with Gasteiger partial charge < -0.3 is 13.6 Å². The van der Waals surface area contributed by atoms with Crippen LogP contribution >= 0.6 is 0 Å². The van der Waals surface area contributed by atoms with E-state index in [4.69, 9.17) is 13.6 Å². The molecule has 0 saturated carbocycles. The third-order valence-corrected chi connectivity index (χ3v) is 4.36. The van der Waals surface area contributed by atoms with Gasteiger partial charge in [-0.2, -0.15) is 0 Å². The van der Waals surface area contributed by atoms with Crippen LogP contribution in [-0.4, -0.2) is 23.2 Å². The second kappa shape index (κ2) is 7.99. The molecular weight excluding hydrogens is 308 g/mol. The summed E-state index contributed by atoms with van der Waals surface area (Å²) in [4.78, 5) is 0. The lowest BCUT2D eigenvalue weighted by molar-refractivity contribution is 0.104. The van der Waals surface area contributed by atoms with Gasteiger partial charge in [0.25, 0.3) is 5.95 Å². The van der Waals surface area contributed by atoms with Crippen LogP contribution in [0.5, 0.6) is 0 Å². The molecule has 0 aliphatic rings. The Morgan fingerprint density at radius 3 is 2.05 bits per heavy atom. The molecule has 0 aliphatic carbocycles. The maximum Gasteiger partial charge on any atom is 0.263 e. The summed E-state index contributed by atoms with van der Waals surface area (Å²) in [5, 5.41) is 0. The predicted octanol–water partition coefficient (Wildman–Crippen LogP) is 5.31. The summed E-state index contributed by atoms with van der Waals surface area (Å²) in [6.07, 6.45) is 1.85. The molecule has 3 nitrogen and oxygen atoms in total. The molecule has 1 rings (SSSR count). The van der Waals surface area contributed by atoms with E-state index >= 15 is 0 Å². The molecule has 5 heteroatoms. The Labute approximate surface area is 137 Å². The van der Waals surface area contributed by atoms with Gasteiger partial charge in [-0.15, -0.1) is 0 Å². The smallest absolute Gasteiger partial charge is 0.263 e. The van der Waals surface area contributed by atoms with Gasteiger partial charge in [-0.3, -0.25) is 0 Å². The minimum atomic E-state index is -1.72. The Morgan fingerprint density at radius 1 is 1.00 bits per heavy atom. The molecule has 0 bridgehead atoms. The molecule has 22 heavy (non-hydrogen) atoms. The lowest BCUT2D eigenvalue weighted by atomic mass is 10.1. The van der Waals surface area contributed by atoms with Crippen molar-refractivity contribution in [2.45, 2.75) is 52.3 Å². The van der Waals surface area contributed by atoms with Crippen molar-refractivity contribution in [2.75, 3.05) is 6.61 Å². The predicted molar refractivity (Wildman–Crippen MR) is 97.8 cm³/mol. The second-order valence-corrected chi connectivity index (χ2v) is 16.1. The normalized spacial score (nSPS) is 14.6. The molecule has 1 aromatic rings. The lowest BCUT2D eigenvalue weighted by Gasteiger charge is -2.27. The highest BCUT2D eigenvalue weighted by Gasteiger charge is 2.24. The van der Waals surface area contributed by atoms with E-state index in [0.717, 1.165) is 5.56 Å². The van der Waals surface area contributed by atoms with Gasteiger partial charge in [-0.1, -0.05) is 30.3 Å². The average molecular weight is 339 g/mol. The molecule has 0 amide bonds. The zero-order valence-corrected chi connectivity index (χ0v) is 17.0. The minimum Gasteiger partial charge on any atom is -0.520 e. The highest BCUT2D eigenvalue weighted by atomic mass is 28.4. The number of rotatable bonds is 8. The van der Waals surface area contributed by atoms with Crippen molar-refractivity contribution >= 4 is 16.6 Å². The van der Waals surface area contributed by atoms with Gasteiger partial charge in [0.2, 0.25) is 8.32 Å². The molecule has 0 N–H and O–H groups in total. The third kappa shape index (κ3) is 7.82. The van der Waals surface area contributed by atoms with Crippen molar-refractivity contribution in [3.8, 4) is 0 Å². The first-order valence-electron chi connectivity index (χ1n) is 7.87. The molecule has 1 unspecified atom stereocenters. The van der Waals surface area contributed by atoms with Crippen LogP contribution in [0.4, 0.5) is 0 Å². The van der Waals surface area contributed by atoms with Crippen LogP contribution in [0.15, 0.2) is 42.4 Å². The van der Waals surface area contributed by atoms with Gasteiger partial charge >= 0.3 is 0 Å². The fourth-order valence-corrected chi connectivity index (χ4v) is 3.60. The van der Waals surface area contributed by atoms with E-state index in [9.17, 15) is 0 Å². The number of benzene rings is 1. The van der Waals surface area contributed by atoms with E-state index in [2.05, 4.69) is 51.4 Å². The van der Waals surface area contributed by atoms with Gasteiger partial charge in [0.05, 0.1) is 12.7 Å². The molecule has 124 valence electrons. The van der Waals surface area contributed by atoms with Crippen LogP contribution in [0, 0.1) is 0 Å². The van der Waals surface area contributed by atoms with Crippen LogP contribution in [0.3, 0.4) is 0 Å². The lowest BCUT2D eigenvalue weighted by Crippen LogP contribution is -2.29. The summed E-state index contributed by atoms with van der Waals surface area (Å²) < 4.78 is 18.1. The van der Waals surface area contributed by atoms with Crippen molar-refractivity contribution in [2.24, 2.45) is 0 Å². The van der Waals surface area contributed by atoms with Crippen LogP contribution in [-0.2, 0) is 13.6 Å². The standard InChI is InChI=1S/C17H30O3Si2/c1-8-18-17(20-22(5,6)7)14-16(19-21(2,3)4)15-12-10-9-11-13-15/h9-14,16H,8H2,1-7H3/b17-14-. The van der Waals surface area contributed by atoms with E-state index < -0.39 is 16.6 Å². The van der Waals surface area contributed by atoms with Crippen LogP contribution in [0.1, 0.15) is 18.6 Å². The van der Waals surface area contributed by atoms with E-state index in [1.807, 2.05) is 31.2 Å². The van der Waals surface area contributed by atoms with E-state index in [1.54, 1.807) is 0 Å². The second-order valence-electron chi connectivity index (χ2n) is 7.19. The summed E-state index contributed by atoms with van der Waals surface area (Å²) in [5.74, 6) is 0.591. The van der Waals surface area contributed by atoms with Crippen molar-refractivity contribution < 1.29 is 13.6 Å². The monoisotopic (exact) mass is 338 g/mol. The molecule has 0 saturated heterocycles. The topological polar surface area (TPSA) is 27.7 Å². The van der Waals surface area contributed by atoms with Crippen molar-refractivity contribution in [3.63, 3.8) is 0 Å². The average Bonchev–Trinajstić information content (AvgIpc) is 2.36. The summed E-state index contributed by atoms with van der Waals surface area (Å²) in [6.45, 7) is 15.6. The SMILES string of the molecule is CCO/C(=C/C(O[Si](C)(C)C)c1ccccc1)O[Si](C)(C)C. The minimum absolute atomic E-state index is 0.134. The van der Waals surface area contributed by atoms with E-state index in [-0.39, 0.29) is 6.10 Å². The zero-order valence-electron chi connectivity index (χ0n) is 15.0. The van der Waals surface area contributed by atoms with E-state index in [0.29, 0.717) is 12.6 Å². The Balaban J connectivity index is 3.09. The Bertz CT molecular complexity index is 473. The molecule has 1 aromatic carbocycles. The molecule has 0 fully saturated rings. The number of hydrogen-bond acceptors (Lipinski definition) is 3. The zero-order chi connectivity index (χ0) is 16.8. The van der Waals surface area contributed by atoms with Crippen molar-refractivity contribution in [1.82, 2.24) is 0 Å². The van der Waals surface area contributed by atoms with Crippen LogP contribution < -0.4 is 0 Å². The molecule has 0 aliphatic heterocycles. The Morgan fingerprint density at radius 2 is 1.59 bits per heavy atom. The summed E-state index contributed by atoms with van der Waals surface area (Å²) in [7, 11) is -3.42. The van der Waals surface area contributed by atoms with Crippen molar-refractivity contribution in [1.29, 1.82) is 0 Å². The van der Waals surface area contributed by atoms with E-state index in [1.165, 1.54) is 0 Å². The molecule has 0 aromatic heterocycles. The maximum atomic E-state index is 6.33. The highest BCUT2D eigenvalue weighted by molar-refractivity contribution is 6.70. The summed E-state index contributed by atoms with van der Waals surface area (Å²) in [6, 6.07) is 10.2. The number of hydrogen-bond donors (Lipinski definition) is 0. The highest BCUT2D eigenvalue weighted by Crippen LogP contribution is 2.26. The van der Waals surface area contributed by atoms with Crippen molar-refractivity contribution in [3.05, 3.63) is 47.9 Å². The summed E-state index contributed by atoms with van der Waals surface area (Å²) in [5.41, 5.74) is 1.13. The molecular formula is C17H30O3Si2. The van der Waals surface area contributed by atoms with Gasteiger partial charge in [0, 0.05) is 6.08 Å². The number of ether oxygens (including phenoxy) is 1. The fraction of sp³-hybridized carbons (Fsp3) is 0.529. The third-order valence-electron chi connectivity index (χ3n) is 2.59. The van der Waals surface area contributed by atoms with Gasteiger partial charge in [0.1, 0.15) is 0 Å². The first kappa shape index (κ1) is 19.0. The molecule has 1 atom stereocenters. The molecule has 0 heterocycles. The fourth-order valence-electron chi connectivity index (χ4n) is 1.90.